The number of hydrogen-bond donors (Lipinski definition) is 1. The Hall–Kier alpha value is -0.730. The molecule has 0 saturated heterocycles. The van der Waals surface area contributed by atoms with Crippen LogP contribution in [-0.2, 0) is 6.54 Å². The van der Waals surface area contributed by atoms with Gasteiger partial charge in [0.1, 0.15) is 5.75 Å². The number of ether oxygens (including phenoxy) is 1. The first-order valence-corrected chi connectivity index (χ1v) is 7.60. The molecule has 1 aliphatic rings. The van der Waals surface area contributed by atoms with Crippen LogP contribution in [-0.4, -0.2) is 13.7 Å². The van der Waals surface area contributed by atoms with E-state index < -0.39 is 0 Å². The number of hydrogen-bond acceptors (Lipinski definition) is 2. The van der Waals surface area contributed by atoms with Crippen LogP contribution in [0.1, 0.15) is 38.2 Å². The third-order valence-electron chi connectivity index (χ3n) is 4.02. The van der Waals surface area contributed by atoms with Crippen LogP contribution in [0, 0.1) is 11.8 Å². The van der Waals surface area contributed by atoms with Gasteiger partial charge in [-0.15, -0.1) is 0 Å². The lowest BCUT2D eigenvalue weighted by atomic mass is 9.82. The maximum Gasteiger partial charge on any atom is 0.137 e. The molecule has 19 heavy (non-hydrogen) atoms. The minimum Gasteiger partial charge on any atom is -0.495 e. The highest BCUT2D eigenvalue weighted by molar-refractivity contribution is 6.32. The van der Waals surface area contributed by atoms with Crippen molar-refractivity contribution < 1.29 is 4.74 Å². The Balaban J connectivity index is 1.77. The molecule has 1 aromatic rings. The van der Waals surface area contributed by atoms with Gasteiger partial charge in [0.2, 0.25) is 0 Å². The molecule has 0 aromatic heterocycles. The van der Waals surface area contributed by atoms with Gasteiger partial charge in [-0.2, -0.15) is 0 Å². The van der Waals surface area contributed by atoms with Crippen LogP contribution < -0.4 is 10.1 Å². The van der Waals surface area contributed by atoms with E-state index in [9.17, 15) is 0 Å². The van der Waals surface area contributed by atoms with E-state index >= 15 is 0 Å². The predicted molar refractivity (Wildman–Crippen MR) is 80.8 cm³/mol. The molecule has 2 unspecified atom stereocenters. The summed E-state index contributed by atoms with van der Waals surface area (Å²) >= 11 is 6.12. The molecule has 0 bridgehead atoms. The van der Waals surface area contributed by atoms with Crippen molar-refractivity contribution in [2.24, 2.45) is 11.8 Å². The second-order valence-electron chi connectivity index (χ2n) is 5.74. The van der Waals surface area contributed by atoms with E-state index in [2.05, 4.69) is 18.3 Å². The fourth-order valence-electron chi connectivity index (χ4n) is 2.99. The Morgan fingerprint density at radius 2 is 2.21 bits per heavy atom. The van der Waals surface area contributed by atoms with Crippen LogP contribution in [0.5, 0.6) is 5.75 Å². The second kappa shape index (κ2) is 7.16. The Morgan fingerprint density at radius 3 is 2.89 bits per heavy atom. The standard InChI is InChI=1S/C16H24ClNO/c1-12-4-3-5-13(8-12)10-18-11-14-6-7-16(19-2)15(17)9-14/h6-7,9,12-13,18H,3-5,8,10-11H2,1-2H3. The summed E-state index contributed by atoms with van der Waals surface area (Å²) in [6, 6.07) is 5.99. The molecule has 1 aliphatic carbocycles. The molecule has 1 aromatic carbocycles. The van der Waals surface area contributed by atoms with E-state index in [0.717, 1.165) is 30.7 Å². The highest BCUT2D eigenvalue weighted by Crippen LogP contribution is 2.28. The number of rotatable bonds is 5. The zero-order valence-corrected chi connectivity index (χ0v) is 12.7. The Morgan fingerprint density at radius 1 is 1.37 bits per heavy atom. The van der Waals surface area contributed by atoms with E-state index in [4.69, 9.17) is 16.3 Å². The molecule has 2 atom stereocenters. The summed E-state index contributed by atoms with van der Waals surface area (Å²) in [6.07, 6.45) is 5.55. The van der Waals surface area contributed by atoms with Gasteiger partial charge >= 0.3 is 0 Å². The van der Waals surface area contributed by atoms with Crippen LogP contribution in [0.4, 0.5) is 0 Å². The van der Waals surface area contributed by atoms with Crippen molar-refractivity contribution in [2.45, 2.75) is 39.2 Å². The monoisotopic (exact) mass is 281 g/mol. The molecule has 1 N–H and O–H groups in total. The smallest absolute Gasteiger partial charge is 0.137 e. The first-order chi connectivity index (χ1) is 9.19. The van der Waals surface area contributed by atoms with E-state index in [-0.39, 0.29) is 0 Å². The lowest BCUT2D eigenvalue weighted by molar-refractivity contribution is 0.274. The molecule has 1 saturated carbocycles. The molecule has 106 valence electrons. The third-order valence-corrected chi connectivity index (χ3v) is 4.32. The highest BCUT2D eigenvalue weighted by atomic mass is 35.5. The molecule has 0 amide bonds. The van der Waals surface area contributed by atoms with Gasteiger partial charge in [-0.3, -0.25) is 0 Å². The van der Waals surface area contributed by atoms with Crippen LogP contribution in [0.3, 0.4) is 0 Å². The lowest BCUT2D eigenvalue weighted by Crippen LogP contribution is -2.26. The maximum absolute atomic E-state index is 6.12. The van der Waals surface area contributed by atoms with E-state index in [1.54, 1.807) is 7.11 Å². The van der Waals surface area contributed by atoms with Gasteiger partial charge in [0.25, 0.3) is 0 Å². The van der Waals surface area contributed by atoms with Gasteiger partial charge in [0.05, 0.1) is 12.1 Å². The molecule has 0 spiro atoms. The van der Waals surface area contributed by atoms with Gasteiger partial charge in [0.15, 0.2) is 0 Å². The summed E-state index contributed by atoms with van der Waals surface area (Å²) < 4.78 is 5.16. The highest BCUT2D eigenvalue weighted by Gasteiger charge is 2.18. The molecule has 2 rings (SSSR count). The normalized spacial score (nSPS) is 23.3. The zero-order valence-electron chi connectivity index (χ0n) is 11.9. The number of halogens is 1. The largest absolute Gasteiger partial charge is 0.495 e. The van der Waals surface area contributed by atoms with Gasteiger partial charge in [-0.25, -0.2) is 0 Å². The molecule has 3 heteroatoms. The molecule has 0 radical (unpaired) electrons. The SMILES string of the molecule is COc1ccc(CNCC2CCCC(C)C2)cc1Cl. The summed E-state index contributed by atoms with van der Waals surface area (Å²) in [5.74, 6) is 2.49. The van der Waals surface area contributed by atoms with Gasteiger partial charge in [0, 0.05) is 6.54 Å². The van der Waals surface area contributed by atoms with E-state index in [1.807, 2.05) is 12.1 Å². The zero-order chi connectivity index (χ0) is 13.7. The minimum atomic E-state index is 0.688. The van der Waals surface area contributed by atoms with Gasteiger partial charge < -0.3 is 10.1 Å². The van der Waals surface area contributed by atoms with Crippen molar-refractivity contribution in [2.75, 3.05) is 13.7 Å². The molecular weight excluding hydrogens is 258 g/mol. The Kier molecular flexibility index (Phi) is 5.53. The summed E-state index contributed by atoms with van der Waals surface area (Å²) in [5.41, 5.74) is 1.22. The van der Waals surface area contributed by atoms with Crippen molar-refractivity contribution in [1.29, 1.82) is 0 Å². The Labute approximate surface area is 121 Å². The molecule has 0 aliphatic heterocycles. The van der Waals surface area contributed by atoms with Crippen molar-refractivity contribution in [3.8, 4) is 5.75 Å². The van der Waals surface area contributed by atoms with E-state index in [1.165, 1.54) is 31.2 Å². The molecule has 1 fully saturated rings. The fourth-order valence-corrected chi connectivity index (χ4v) is 3.27. The second-order valence-corrected chi connectivity index (χ2v) is 6.14. The summed E-state index contributed by atoms with van der Waals surface area (Å²) in [5, 5.41) is 4.25. The first kappa shape index (κ1) is 14.7. The van der Waals surface area contributed by atoms with Crippen molar-refractivity contribution in [3.05, 3.63) is 28.8 Å². The van der Waals surface area contributed by atoms with Crippen LogP contribution in [0.25, 0.3) is 0 Å². The Bertz CT molecular complexity index is 408. The van der Waals surface area contributed by atoms with Crippen LogP contribution in [0.15, 0.2) is 18.2 Å². The first-order valence-electron chi connectivity index (χ1n) is 7.22. The average molecular weight is 282 g/mol. The summed E-state index contributed by atoms with van der Waals surface area (Å²) in [6.45, 7) is 4.37. The van der Waals surface area contributed by atoms with Crippen LogP contribution >= 0.6 is 11.6 Å². The number of benzene rings is 1. The number of methoxy groups -OCH3 is 1. The average Bonchev–Trinajstić information content (AvgIpc) is 2.39. The minimum absolute atomic E-state index is 0.688. The van der Waals surface area contributed by atoms with E-state index in [0.29, 0.717) is 5.02 Å². The summed E-state index contributed by atoms with van der Waals surface area (Å²) in [7, 11) is 1.64. The van der Waals surface area contributed by atoms with Crippen molar-refractivity contribution in [3.63, 3.8) is 0 Å². The molecule has 2 nitrogen and oxygen atoms in total. The topological polar surface area (TPSA) is 21.3 Å². The quantitative estimate of drug-likeness (QED) is 0.870. The van der Waals surface area contributed by atoms with Crippen molar-refractivity contribution >= 4 is 11.6 Å². The molecule has 0 heterocycles. The third kappa shape index (κ3) is 4.39. The predicted octanol–water partition coefficient (Wildman–Crippen LogP) is 4.26. The maximum atomic E-state index is 6.12. The lowest BCUT2D eigenvalue weighted by Gasteiger charge is -2.26. The summed E-state index contributed by atoms with van der Waals surface area (Å²) in [4.78, 5) is 0. The van der Waals surface area contributed by atoms with Crippen LogP contribution in [0.2, 0.25) is 5.02 Å². The molecular formula is C16H24ClNO. The van der Waals surface area contributed by atoms with Gasteiger partial charge in [-0.1, -0.05) is 37.4 Å². The van der Waals surface area contributed by atoms with Gasteiger partial charge in [-0.05, 0) is 48.9 Å². The van der Waals surface area contributed by atoms with Crippen molar-refractivity contribution in [1.82, 2.24) is 5.32 Å². The number of nitrogens with one attached hydrogen (secondary N) is 1. The fraction of sp³-hybridized carbons (Fsp3) is 0.625.